The van der Waals surface area contributed by atoms with E-state index in [0.29, 0.717) is 22.1 Å². The van der Waals surface area contributed by atoms with Gasteiger partial charge in [-0.1, -0.05) is 11.6 Å². The normalized spacial score (nSPS) is 19.6. The third-order valence-corrected chi connectivity index (χ3v) is 4.37. The molecule has 0 bridgehead atoms. The molecule has 1 aliphatic rings. The van der Waals surface area contributed by atoms with Crippen molar-refractivity contribution in [1.82, 2.24) is 15.2 Å². The van der Waals surface area contributed by atoms with Gasteiger partial charge in [-0.15, -0.1) is 0 Å². The van der Waals surface area contributed by atoms with Crippen molar-refractivity contribution in [2.24, 2.45) is 0 Å². The lowest BCUT2D eigenvalue weighted by Crippen LogP contribution is -2.42. The summed E-state index contributed by atoms with van der Waals surface area (Å²) in [4.78, 5) is 42.1. The van der Waals surface area contributed by atoms with E-state index in [1.807, 2.05) is 0 Å². The Labute approximate surface area is 154 Å². The fourth-order valence-electron chi connectivity index (χ4n) is 2.93. The van der Waals surface area contributed by atoms with Crippen molar-refractivity contribution in [3.05, 3.63) is 46.5 Å². The van der Waals surface area contributed by atoms with E-state index in [0.717, 1.165) is 4.90 Å². The monoisotopic (exact) mass is 376 g/mol. The summed E-state index contributed by atoms with van der Waals surface area (Å²) < 4.78 is 5.46. The number of rotatable bonds is 4. The Hall–Kier alpha value is -2.87. The predicted molar refractivity (Wildman–Crippen MR) is 93.7 cm³/mol. The second-order valence-electron chi connectivity index (χ2n) is 6.18. The lowest BCUT2D eigenvalue weighted by atomic mass is 9.92. The zero-order valence-electron chi connectivity index (χ0n) is 14.4. The third kappa shape index (κ3) is 3.15. The summed E-state index contributed by atoms with van der Waals surface area (Å²) in [6.07, 6.45) is 1.38. The highest BCUT2D eigenvalue weighted by Gasteiger charge is 2.51. The first-order chi connectivity index (χ1) is 12.2. The van der Waals surface area contributed by atoms with Crippen LogP contribution in [0.15, 0.2) is 28.8 Å². The number of hydrogen-bond acceptors (Lipinski definition) is 5. The Morgan fingerprint density at radius 2 is 2.12 bits per heavy atom. The maximum atomic E-state index is 12.8. The number of pyridine rings is 1. The second-order valence-corrected chi connectivity index (χ2v) is 6.62. The van der Waals surface area contributed by atoms with Gasteiger partial charge < -0.3 is 15.1 Å². The Morgan fingerprint density at radius 1 is 1.38 bits per heavy atom. The standard InChI is InChI=1S/C17H17ClN4O4/c1-9-6-12(10(2)26-9)17(3)15(24)22(16(25)21-17)8-14(23)20-13-5-4-11(18)7-19-13/h4-7H,8H2,1-3H3,(H,21,25)(H,19,20,23)/t17-/m0/s1. The van der Waals surface area contributed by atoms with Crippen molar-refractivity contribution in [2.75, 3.05) is 11.9 Å². The van der Waals surface area contributed by atoms with E-state index in [1.165, 1.54) is 12.3 Å². The van der Waals surface area contributed by atoms with Gasteiger partial charge in [0.25, 0.3) is 5.91 Å². The van der Waals surface area contributed by atoms with Crippen molar-refractivity contribution in [1.29, 1.82) is 0 Å². The molecule has 0 aliphatic carbocycles. The van der Waals surface area contributed by atoms with Gasteiger partial charge in [-0.3, -0.25) is 14.5 Å². The highest BCUT2D eigenvalue weighted by atomic mass is 35.5. The maximum Gasteiger partial charge on any atom is 0.325 e. The van der Waals surface area contributed by atoms with Crippen LogP contribution in [-0.2, 0) is 15.1 Å². The smallest absolute Gasteiger partial charge is 0.325 e. The van der Waals surface area contributed by atoms with Crippen LogP contribution in [0.1, 0.15) is 24.0 Å². The molecule has 3 heterocycles. The van der Waals surface area contributed by atoms with Crippen LogP contribution in [-0.4, -0.2) is 34.3 Å². The summed E-state index contributed by atoms with van der Waals surface area (Å²) in [6, 6.07) is 4.15. The largest absolute Gasteiger partial charge is 0.466 e. The van der Waals surface area contributed by atoms with Gasteiger partial charge in [0.05, 0.1) is 5.02 Å². The van der Waals surface area contributed by atoms with Crippen LogP contribution in [0.2, 0.25) is 5.02 Å². The van der Waals surface area contributed by atoms with Crippen LogP contribution >= 0.6 is 11.6 Å². The van der Waals surface area contributed by atoms with Gasteiger partial charge in [-0.2, -0.15) is 0 Å². The molecule has 2 aromatic rings. The Kier molecular flexibility index (Phi) is 4.45. The van der Waals surface area contributed by atoms with Crippen molar-refractivity contribution >= 4 is 35.3 Å². The molecule has 0 unspecified atom stereocenters. The van der Waals surface area contributed by atoms with E-state index in [1.54, 1.807) is 32.9 Å². The molecule has 1 aliphatic heterocycles. The lowest BCUT2D eigenvalue weighted by molar-refractivity contribution is -0.133. The van der Waals surface area contributed by atoms with Gasteiger partial charge in [-0.25, -0.2) is 9.78 Å². The molecular weight excluding hydrogens is 360 g/mol. The molecule has 136 valence electrons. The molecule has 0 saturated carbocycles. The number of nitrogens with zero attached hydrogens (tertiary/aromatic N) is 2. The summed E-state index contributed by atoms with van der Waals surface area (Å²) in [5.41, 5.74) is -0.715. The van der Waals surface area contributed by atoms with Crippen LogP contribution in [0.5, 0.6) is 0 Å². The number of aromatic nitrogens is 1. The molecule has 1 fully saturated rings. The SMILES string of the molecule is Cc1cc([C@]2(C)NC(=O)N(CC(=O)Nc3ccc(Cl)cn3)C2=O)c(C)o1. The molecule has 0 radical (unpaired) electrons. The van der Waals surface area contributed by atoms with Crippen molar-refractivity contribution < 1.29 is 18.8 Å². The number of hydrogen-bond donors (Lipinski definition) is 2. The number of anilines is 1. The zero-order valence-corrected chi connectivity index (χ0v) is 15.2. The number of amides is 4. The molecule has 26 heavy (non-hydrogen) atoms. The summed E-state index contributed by atoms with van der Waals surface area (Å²) in [5, 5.41) is 5.59. The number of halogens is 1. The molecule has 0 spiro atoms. The van der Waals surface area contributed by atoms with Crippen molar-refractivity contribution in [2.45, 2.75) is 26.3 Å². The molecule has 0 aromatic carbocycles. The van der Waals surface area contributed by atoms with Gasteiger partial charge in [-0.05, 0) is 39.0 Å². The van der Waals surface area contributed by atoms with Crippen LogP contribution in [0, 0.1) is 13.8 Å². The third-order valence-electron chi connectivity index (χ3n) is 4.15. The van der Waals surface area contributed by atoms with Gasteiger partial charge >= 0.3 is 6.03 Å². The minimum atomic E-state index is -1.28. The maximum absolute atomic E-state index is 12.8. The van der Waals surface area contributed by atoms with E-state index in [2.05, 4.69) is 15.6 Å². The molecule has 8 nitrogen and oxygen atoms in total. The summed E-state index contributed by atoms with van der Waals surface area (Å²) in [5.74, 6) is 0.370. The highest BCUT2D eigenvalue weighted by Crippen LogP contribution is 2.32. The van der Waals surface area contributed by atoms with Crippen molar-refractivity contribution in [3.8, 4) is 0 Å². The van der Waals surface area contributed by atoms with E-state index >= 15 is 0 Å². The molecular formula is C17H17ClN4O4. The minimum absolute atomic E-state index is 0.274. The van der Waals surface area contributed by atoms with Gasteiger partial charge in [0.1, 0.15) is 29.4 Å². The first-order valence-electron chi connectivity index (χ1n) is 7.84. The number of carbonyl (C=O) groups excluding carboxylic acids is 3. The second kappa shape index (κ2) is 6.45. The Morgan fingerprint density at radius 3 is 2.69 bits per heavy atom. The predicted octanol–water partition coefficient (Wildman–Crippen LogP) is 2.35. The topological polar surface area (TPSA) is 105 Å². The number of nitrogens with one attached hydrogen (secondary N) is 2. The van der Waals surface area contributed by atoms with E-state index in [9.17, 15) is 14.4 Å². The van der Waals surface area contributed by atoms with Gasteiger partial charge in [0.15, 0.2) is 0 Å². The van der Waals surface area contributed by atoms with E-state index in [-0.39, 0.29) is 5.82 Å². The number of urea groups is 1. The number of aryl methyl sites for hydroxylation is 2. The van der Waals surface area contributed by atoms with Gasteiger partial charge in [0, 0.05) is 11.8 Å². The molecule has 9 heteroatoms. The Balaban J connectivity index is 1.75. The van der Waals surface area contributed by atoms with Crippen molar-refractivity contribution in [3.63, 3.8) is 0 Å². The van der Waals surface area contributed by atoms with Crippen LogP contribution in [0.3, 0.4) is 0 Å². The molecule has 1 saturated heterocycles. The fourth-order valence-corrected chi connectivity index (χ4v) is 3.04. The number of carbonyl (C=O) groups is 3. The van der Waals surface area contributed by atoms with Crippen LogP contribution in [0.4, 0.5) is 10.6 Å². The average Bonchev–Trinajstić information content (AvgIpc) is 3.02. The molecule has 2 N–H and O–H groups in total. The Bertz CT molecular complexity index is 893. The molecule has 2 aromatic heterocycles. The first-order valence-corrected chi connectivity index (χ1v) is 8.21. The molecule has 4 amide bonds. The highest BCUT2D eigenvalue weighted by molar-refractivity contribution is 6.30. The summed E-state index contributed by atoms with van der Waals surface area (Å²) in [6.45, 7) is 4.63. The first kappa shape index (κ1) is 17.9. The quantitative estimate of drug-likeness (QED) is 0.797. The number of furan rings is 1. The minimum Gasteiger partial charge on any atom is -0.466 e. The molecule has 1 atom stereocenters. The zero-order chi connectivity index (χ0) is 19.1. The summed E-state index contributed by atoms with van der Waals surface area (Å²) >= 11 is 5.74. The summed E-state index contributed by atoms with van der Waals surface area (Å²) in [7, 11) is 0. The van der Waals surface area contributed by atoms with E-state index in [4.69, 9.17) is 16.0 Å². The van der Waals surface area contributed by atoms with Crippen LogP contribution < -0.4 is 10.6 Å². The van der Waals surface area contributed by atoms with Gasteiger partial charge in [0.2, 0.25) is 5.91 Å². The van der Waals surface area contributed by atoms with Crippen LogP contribution in [0.25, 0.3) is 0 Å². The average molecular weight is 377 g/mol. The fraction of sp³-hybridized carbons (Fsp3) is 0.294. The lowest BCUT2D eigenvalue weighted by Gasteiger charge is -2.21. The number of imide groups is 1. The molecule has 3 rings (SSSR count). The van der Waals surface area contributed by atoms with E-state index < -0.39 is 29.9 Å².